The number of ether oxygens (including phenoxy) is 1. The summed E-state index contributed by atoms with van der Waals surface area (Å²) in [4.78, 5) is 16.5. The smallest absolute Gasteiger partial charge is 0.338 e. The first kappa shape index (κ1) is 14.6. The molecular weight excluding hydrogens is 300 g/mol. The van der Waals surface area contributed by atoms with Crippen molar-refractivity contribution in [2.24, 2.45) is 0 Å². The number of hydrogen-bond acceptors (Lipinski definition) is 3. The van der Waals surface area contributed by atoms with Gasteiger partial charge in [0.25, 0.3) is 0 Å². The number of nitrogens with zero attached hydrogens (tertiary/aromatic N) is 2. The number of pyridine rings is 1. The average Bonchev–Trinajstić information content (AvgIpc) is 2.86. The van der Waals surface area contributed by atoms with Crippen LogP contribution in [0.25, 0.3) is 5.65 Å². The lowest BCUT2D eigenvalue weighted by atomic mass is 10.1. The van der Waals surface area contributed by atoms with E-state index in [4.69, 9.17) is 16.3 Å². The van der Waals surface area contributed by atoms with Crippen LogP contribution in [0.5, 0.6) is 0 Å². The van der Waals surface area contributed by atoms with Gasteiger partial charge >= 0.3 is 5.97 Å². The van der Waals surface area contributed by atoms with Gasteiger partial charge in [-0.2, -0.15) is 0 Å². The van der Waals surface area contributed by atoms with E-state index < -0.39 is 0 Å². The first-order valence-electron chi connectivity index (χ1n) is 6.90. The Kier molecular flexibility index (Phi) is 3.86. The highest BCUT2D eigenvalue weighted by atomic mass is 35.5. The molecule has 0 saturated heterocycles. The third-order valence-corrected chi connectivity index (χ3v) is 3.64. The van der Waals surface area contributed by atoms with Crippen molar-refractivity contribution in [1.82, 2.24) is 9.38 Å². The fraction of sp³-hybridized carbons (Fsp3) is 0.176. The predicted molar refractivity (Wildman–Crippen MR) is 85.2 cm³/mol. The highest BCUT2D eigenvalue weighted by Crippen LogP contribution is 2.15. The Hall–Kier alpha value is -2.33. The molecule has 0 spiro atoms. The van der Waals surface area contributed by atoms with E-state index in [9.17, 15) is 4.79 Å². The van der Waals surface area contributed by atoms with Crippen molar-refractivity contribution >= 4 is 23.2 Å². The Morgan fingerprint density at radius 2 is 2.05 bits per heavy atom. The Morgan fingerprint density at radius 3 is 2.82 bits per heavy atom. The summed E-state index contributed by atoms with van der Waals surface area (Å²) in [6, 6.07) is 9.24. The molecule has 0 N–H and O–H groups in total. The lowest BCUT2D eigenvalue weighted by molar-refractivity contribution is 0.0467. The zero-order valence-corrected chi connectivity index (χ0v) is 13.1. The summed E-state index contributed by atoms with van der Waals surface area (Å²) in [6.45, 7) is 4.02. The van der Waals surface area contributed by atoms with Gasteiger partial charge in [-0.1, -0.05) is 29.3 Å². The first-order chi connectivity index (χ1) is 10.5. The molecule has 0 aliphatic carbocycles. The Bertz CT molecular complexity index is 855. The summed E-state index contributed by atoms with van der Waals surface area (Å²) in [5, 5.41) is 0.628. The molecule has 4 nitrogen and oxygen atoms in total. The monoisotopic (exact) mass is 314 g/mol. The van der Waals surface area contributed by atoms with Crippen LogP contribution < -0.4 is 0 Å². The zero-order chi connectivity index (χ0) is 15.7. The molecule has 0 saturated carbocycles. The van der Waals surface area contributed by atoms with Crippen molar-refractivity contribution in [1.29, 1.82) is 0 Å². The van der Waals surface area contributed by atoms with Gasteiger partial charge in [0, 0.05) is 12.4 Å². The lowest BCUT2D eigenvalue weighted by Crippen LogP contribution is -2.07. The van der Waals surface area contributed by atoms with Crippen LogP contribution in [0, 0.1) is 13.8 Å². The number of carbonyl (C=O) groups excluding carboxylic acids is 1. The van der Waals surface area contributed by atoms with Crippen molar-refractivity contribution in [2.75, 3.05) is 0 Å². The fourth-order valence-corrected chi connectivity index (χ4v) is 2.51. The van der Waals surface area contributed by atoms with Crippen molar-refractivity contribution < 1.29 is 9.53 Å². The average molecular weight is 315 g/mol. The third kappa shape index (κ3) is 2.97. The van der Waals surface area contributed by atoms with Gasteiger partial charge in [-0.15, -0.1) is 0 Å². The molecule has 0 aliphatic rings. The fourth-order valence-electron chi connectivity index (χ4n) is 2.35. The summed E-state index contributed by atoms with van der Waals surface area (Å²) in [5.41, 5.74) is 4.05. The Labute approximate surface area is 133 Å². The van der Waals surface area contributed by atoms with Gasteiger partial charge in [0.15, 0.2) is 0 Å². The molecule has 0 bridgehead atoms. The van der Waals surface area contributed by atoms with Crippen LogP contribution in [0.1, 0.15) is 27.2 Å². The number of benzene rings is 1. The van der Waals surface area contributed by atoms with E-state index in [0.717, 1.165) is 16.8 Å². The minimum Gasteiger partial charge on any atom is -0.456 e. The SMILES string of the molecule is Cc1ccc(C(=O)OCc2cn3cc(Cl)ccc3n2)c(C)c1. The van der Waals surface area contributed by atoms with Crippen molar-refractivity contribution in [3.8, 4) is 0 Å². The summed E-state index contributed by atoms with van der Waals surface area (Å²) in [7, 11) is 0. The second kappa shape index (κ2) is 5.81. The molecule has 5 heteroatoms. The van der Waals surface area contributed by atoms with Gasteiger partial charge in [-0.25, -0.2) is 9.78 Å². The van der Waals surface area contributed by atoms with E-state index in [1.54, 1.807) is 24.5 Å². The van der Waals surface area contributed by atoms with Gasteiger partial charge < -0.3 is 9.14 Å². The molecule has 0 radical (unpaired) electrons. The predicted octanol–water partition coefficient (Wildman–Crippen LogP) is 3.96. The van der Waals surface area contributed by atoms with Crippen LogP contribution in [0.3, 0.4) is 0 Å². The summed E-state index contributed by atoms with van der Waals surface area (Å²) < 4.78 is 7.16. The number of esters is 1. The van der Waals surface area contributed by atoms with Crippen LogP contribution >= 0.6 is 11.6 Å². The normalized spacial score (nSPS) is 10.9. The van der Waals surface area contributed by atoms with Crippen molar-refractivity contribution in [2.45, 2.75) is 20.5 Å². The zero-order valence-electron chi connectivity index (χ0n) is 12.3. The van der Waals surface area contributed by atoms with Gasteiger partial charge in [0.05, 0.1) is 16.3 Å². The molecule has 0 fully saturated rings. The van der Waals surface area contributed by atoms with Crippen LogP contribution in [0.2, 0.25) is 5.02 Å². The summed E-state index contributed by atoms with van der Waals surface area (Å²) in [5.74, 6) is -0.340. The summed E-state index contributed by atoms with van der Waals surface area (Å²) in [6.07, 6.45) is 3.57. The number of aryl methyl sites for hydroxylation is 2. The third-order valence-electron chi connectivity index (χ3n) is 3.42. The molecule has 112 valence electrons. The first-order valence-corrected chi connectivity index (χ1v) is 7.28. The molecule has 1 aromatic carbocycles. The second-order valence-electron chi connectivity index (χ2n) is 5.24. The van der Waals surface area contributed by atoms with Crippen LogP contribution in [-0.4, -0.2) is 15.4 Å². The molecule has 2 aromatic heterocycles. The maximum absolute atomic E-state index is 12.1. The number of aromatic nitrogens is 2. The molecule has 0 unspecified atom stereocenters. The lowest BCUT2D eigenvalue weighted by Gasteiger charge is -2.06. The molecule has 0 aliphatic heterocycles. The number of rotatable bonds is 3. The number of halogens is 1. The minimum absolute atomic E-state index is 0.130. The molecular formula is C17H15ClN2O2. The van der Waals surface area contributed by atoms with E-state index in [0.29, 0.717) is 16.3 Å². The largest absolute Gasteiger partial charge is 0.456 e. The van der Waals surface area contributed by atoms with Gasteiger partial charge in [0.1, 0.15) is 12.3 Å². The van der Waals surface area contributed by atoms with Crippen LogP contribution in [0.15, 0.2) is 42.7 Å². The Balaban J connectivity index is 1.74. The topological polar surface area (TPSA) is 43.6 Å². The van der Waals surface area contributed by atoms with Gasteiger partial charge in [-0.05, 0) is 37.6 Å². The highest BCUT2D eigenvalue weighted by Gasteiger charge is 2.11. The minimum atomic E-state index is -0.340. The van der Waals surface area contributed by atoms with E-state index in [-0.39, 0.29) is 12.6 Å². The van der Waals surface area contributed by atoms with E-state index in [2.05, 4.69) is 4.98 Å². The number of imidazole rings is 1. The molecule has 3 rings (SSSR count). The van der Waals surface area contributed by atoms with Crippen molar-refractivity contribution in [3.05, 3.63) is 70.1 Å². The second-order valence-corrected chi connectivity index (χ2v) is 5.68. The number of carbonyl (C=O) groups is 1. The highest BCUT2D eigenvalue weighted by molar-refractivity contribution is 6.30. The van der Waals surface area contributed by atoms with E-state index in [1.165, 1.54) is 0 Å². The summed E-state index contributed by atoms with van der Waals surface area (Å²) >= 11 is 5.93. The maximum Gasteiger partial charge on any atom is 0.338 e. The Morgan fingerprint density at radius 1 is 1.23 bits per heavy atom. The van der Waals surface area contributed by atoms with Crippen LogP contribution in [-0.2, 0) is 11.3 Å². The van der Waals surface area contributed by atoms with Gasteiger partial charge in [-0.3, -0.25) is 0 Å². The van der Waals surface area contributed by atoms with E-state index in [1.807, 2.05) is 36.4 Å². The quantitative estimate of drug-likeness (QED) is 0.687. The molecule has 3 aromatic rings. The molecule has 2 heterocycles. The number of hydrogen-bond donors (Lipinski definition) is 0. The molecule has 0 atom stereocenters. The van der Waals surface area contributed by atoms with Gasteiger partial charge in [0.2, 0.25) is 0 Å². The standard InChI is InChI=1S/C17H15ClN2O2/c1-11-3-5-15(12(2)7-11)17(21)22-10-14-9-20-8-13(18)4-6-16(20)19-14/h3-9H,10H2,1-2H3. The molecule has 22 heavy (non-hydrogen) atoms. The molecule has 0 amide bonds. The van der Waals surface area contributed by atoms with Crippen molar-refractivity contribution in [3.63, 3.8) is 0 Å². The van der Waals surface area contributed by atoms with E-state index >= 15 is 0 Å². The number of fused-ring (bicyclic) bond motifs is 1. The van der Waals surface area contributed by atoms with Crippen LogP contribution in [0.4, 0.5) is 0 Å². The maximum atomic E-state index is 12.1.